The predicted molar refractivity (Wildman–Crippen MR) is 99.7 cm³/mol. The third-order valence-corrected chi connectivity index (χ3v) is 6.19. The molecule has 0 amide bonds. The van der Waals surface area contributed by atoms with Crippen molar-refractivity contribution in [2.24, 2.45) is 5.10 Å². The van der Waals surface area contributed by atoms with Crippen molar-refractivity contribution in [2.75, 3.05) is 11.2 Å². The van der Waals surface area contributed by atoms with E-state index in [-0.39, 0.29) is 17.1 Å². The molecule has 0 spiro atoms. The molecule has 1 aromatic heterocycles. The van der Waals surface area contributed by atoms with Crippen molar-refractivity contribution in [1.82, 2.24) is 4.98 Å². The van der Waals surface area contributed by atoms with Gasteiger partial charge in [0.1, 0.15) is 11.6 Å². The molecule has 0 atom stereocenters. The highest BCUT2D eigenvalue weighted by Crippen LogP contribution is 2.26. The SMILES string of the molecule is Cc1cc(N/N=C2/CCS(=O)(=O)c3ccc(F)cc32)nc2ccccc12. The Morgan fingerprint density at radius 3 is 2.81 bits per heavy atom. The predicted octanol–water partition coefficient (Wildman–Crippen LogP) is 3.68. The van der Waals surface area contributed by atoms with Crippen LogP contribution in [-0.4, -0.2) is 24.9 Å². The minimum atomic E-state index is -3.40. The van der Waals surface area contributed by atoms with Crippen molar-refractivity contribution < 1.29 is 12.8 Å². The number of aryl methyl sites for hydroxylation is 1. The van der Waals surface area contributed by atoms with Crippen molar-refractivity contribution in [3.8, 4) is 0 Å². The lowest BCUT2D eigenvalue weighted by molar-refractivity contribution is 0.593. The fourth-order valence-corrected chi connectivity index (χ4v) is 4.59. The molecule has 0 fully saturated rings. The van der Waals surface area contributed by atoms with E-state index in [9.17, 15) is 12.8 Å². The molecule has 2 aromatic carbocycles. The zero-order chi connectivity index (χ0) is 18.3. The number of nitrogens with one attached hydrogen (secondary N) is 1. The van der Waals surface area contributed by atoms with E-state index in [4.69, 9.17) is 0 Å². The van der Waals surface area contributed by atoms with Gasteiger partial charge in [-0.1, -0.05) is 18.2 Å². The molecule has 0 unspecified atom stereocenters. The Hall–Kier alpha value is -2.80. The lowest BCUT2D eigenvalue weighted by Crippen LogP contribution is -2.23. The molecule has 1 N–H and O–H groups in total. The van der Waals surface area contributed by atoms with Gasteiger partial charge in [0, 0.05) is 17.4 Å². The first-order valence-electron chi connectivity index (χ1n) is 8.16. The zero-order valence-electron chi connectivity index (χ0n) is 14.0. The average molecular weight is 369 g/mol. The standard InChI is InChI=1S/C19H16FN3O2S/c1-12-10-19(21-16-5-3-2-4-14(12)16)23-22-17-8-9-26(24,25)18-7-6-13(20)11-15(17)18/h2-7,10-11H,8-9H2,1H3,(H,21,23)/b22-17-. The van der Waals surface area contributed by atoms with Gasteiger partial charge in [-0.25, -0.2) is 17.8 Å². The van der Waals surface area contributed by atoms with Crippen molar-refractivity contribution in [2.45, 2.75) is 18.2 Å². The van der Waals surface area contributed by atoms with Crippen LogP contribution in [0.5, 0.6) is 0 Å². The molecule has 1 aliphatic heterocycles. The number of fused-ring (bicyclic) bond motifs is 2. The van der Waals surface area contributed by atoms with Gasteiger partial charge in [0.05, 0.1) is 21.9 Å². The number of para-hydroxylation sites is 1. The zero-order valence-corrected chi connectivity index (χ0v) is 14.8. The fraction of sp³-hybridized carbons (Fsp3) is 0.158. The van der Waals surface area contributed by atoms with Gasteiger partial charge in [-0.05, 0) is 42.8 Å². The van der Waals surface area contributed by atoms with Gasteiger partial charge in [-0.15, -0.1) is 0 Å². The van der Waals surface area contributed by atoms with Crippen LogP contribution in [0.25, 0.3) is 10.9 Å². The van der Waals surface area contributed by atoms with Crippen LogP contribution in [0.3, 0.4) is 0 Å². The largest absolute Gasteiger partial charge is 0.261 e. The van der Waals surface area contributed by atoms with Gasteiger partial charge in [0.2, 0.25) is 0 Å². The summed E-state index contributed by atoms with van der Waals surface area (Å²) in [6.45, 7) is 1.99. The first-order valence-corrected chi connectivity index (χ1v) is 9.81. The highest BCUT2D eigenvalue weighted by Gasteiger charge is 2.28. The minimum absolute atomic E-state index is 0.0453. The molecule has 0 saturated carbocycles. The molecule has 4 rings (SSSR count). The smallest absolute Gasteiger partial charge is 0.179 e. The van der Waals surface area contributed by atoms with Crippen molar-refractivity contribution in [1.29, 1.82) is 0 Å². The summed E-state index contributed by atoms with van der Waals surface area (Å²) >= 11 is 0. The van der Waals surface area contributed by atoms with Crippen molar-refractivity contribution in [3.63, 3.8) is 0 Å². The molecule has 0 aliphatic carbocycles. The van der Waals surface area contributed by atoms with E-state index >= 15 is 0 Å². The highest BCUT2D eigenvalue weighted by molar-refractivity contribution is 7.91. The Labute approximate surface area is 150 Å². The molecular formula is C19H16FN3O2S. The van der Waals surface area contributed by atoms with E-state index in [0.29, 0.717) is 17.1 Å². The number of anilines is 1. The van der Waals surface area contributed by atoms with E-state index in [1.165, 1.54) is 12.1 Å². The summed E-state index contributed by atoms with van der Waals surface area (Å²) in [5, 5.41) is 5.38. The molecule has 3 aromatic rings. The van der Waals surface area contributed by atoms with E-state index in [1.807, 2.05) is 37.3 Å². The molecule has 5 nitrogen and oxygen atoms in total. The Morgan fingerprint density at radius 2 is 1.96 bits per heavy atom. The first kappa shape index (κ1) is 16.7. The fourth-order valence-electron chi connectivity index (χ4n) is 3.12. The topological polar surface area (TPSA) is 71.4 Å². The molecule has 0 bridgehead atoms. The molecule has 1 aliphatic rings. The molecule has 0 saturated heterocycles. The highest BCUT2D eigenvalue weighted by atomic mass is 32.2. The number of hydrogen-bond acceptors (Lipinski definition) is 5. The Balaban J connectivity index is 1.73. The molecule has 7 heteroatoms. The van der Waals surface area contributed by atoms with Gasteiger partial charge in [-0.3, -0.25) is 5.43 Å². The van der Waals surface area contributed by atoms with Crippen LogP contribution in [0.1, 0.15) is 17.5 Å². The van der Waals surface area contributed by atoms with Crippen LogP contribution in [0.15, 0.2) is 58.5 Å². The number of hydrazone groups is 1. The van der Waals surface area contributed by atoms with Gasteiger partial charge < -0.3 is 0 Å². The van der Waals surface area contributed by atoms with Crippen LogP contribution in [0.4, 0.5) is 10.2 Å². The third-order valence-electron chi connectivity index (χ3n) is 4.42. The second-order valence-corrected chi connectivity index (χ2v) is 8.30. The number of nitrogens with zero attached hydrogens (tertiary/aromatic N) is 2. The second-order valence-electron chi connectivity index (χ2n) is 6.22. The summed E-state index contributed by atoms with van der Waals surface area (Å²) in [5.74, 6) is 0.0179. The molecule has 132 valence electrons. The van der Waals surface area contributed by atoms with Crippen LogP contribution >= 0.6 is 0 Å². The van der Waals surface area contributed by atoms with Gasteiger partial charge >= 0.3 is 0 Å². The Bertz CT molecular complexity index is 1160. The summed E-state index contributed by atoms with van der Waals surface area (Å²) in [7, 11) is -3.40. The monoisotopic (exact) mass is 369 g/mol. The van der Waals surface area contributed by atoms with Crippen LogP contribution in [-0.2, 0) is 9.84 Å². The minimum Gasteiger partial charge on any atom is -0.261 e. The average Bonchev–Trinajstić information content (AvgIpc) is 2.61. The molecular weight excluding hydrogens is 353 g/mol. The normalized spacial score (nSPS) is 17.2. The summed E-state index contributed by atoms with van der Waals surface area (Å²) < 4.78 is 38.0. The summed E-state index contributed by atoms with van der Waals surface area (Å²) in [4.78, 5) is 4.63. The number of sulfone groups is 1. The van der Waals surface area contributed by atoms with Crippen molar-refractivity contribution in [3.05, 3.63) is 65.5 Å². The number of pyridine rings is 1. The van der Waals surface area contributed by atoms with Gasteiger partial charge in [0.25, 0.3) is 0 Å². The molecule has 26 heavy (non-hydrogen) atoms. The summed E-state index contributed by atoms with van der Waals surface area (Å²) in [6.07, 6.45) is 0.221. The number of benzene rings is 2. The molecule has 2 heterocycles. The maximum Gasteiger partial charge on any atom is 0.179 e. The second kappa shape index (κ2) is 6.17. The Morgan fingerprint density at radius 1 is 1.15 bits per heavy atom. The van der Waals surface area contributed by atoms with E-state index in [1.54, 1.807) is 0 Å². The van der Waals surface area contributed by atoms with E-state index < -0.39 is 15.7 Å². The number of aromatic nitrogens is 1. The van der Waals surface area contributed by atoms with Crippen LogP contribution < -0.4 is 5.43 Å². The van der Waals surface area contributed by atoms with Crippen LogP contribution in [0, 0.1) is 12.7 Å². The summed E-state index contributed by atoms with van der Waals surface area (Å²) in [6, 6.07) is 13.3. The number of rotatable bonds is 2. The Kier molecular flexibility index (Phi) is 3.96. The van der Waals surface area contributed by atoms with Gasteiger partial charge in [-0.2, -0.15) is 5.10 Å². The maximum absolute atomic E-state index is 13.6. The summed E-state index contributed by atoms with van der Waals surface area (Å²) in [5.41, 5.74) is 5.60. The quantitative estimate of drug-likeness (QED) is 0.553. The van der Waals surface area contributed by atoms with Crippen molar-refractivity contribution >= 4 is 32.3 Å². The van der Waals surface area contributed by atoms with Gasteiger partial charge in [0.15, 0.2) is 9.84 Å². The number of hydrogen-bond donors (Lipinski definition) is 1. The molecule has 0 radical (unpaired) electrons. The lowest BCUT2D eigenvalue weighted by Gasteiger charge is -2.18. The van der Waals surface area contributed by atoms with E-state index in [0.717, 1.165) is 22.5 Å². The maximum atomic E-state index is 13.6. The first-order chi connectivity index (χ1) is 12.4. The van der Waals surface area contributed by atoms with Crippen LogP contribution in [0.2, 0.25) is 0 Å². The third kappa shape index (κ3) is 2.94. The van der Waals surface area contributed by atoms with E-state index in [2.05, 4.69) is 15.5 Å². The number of halogens is 1. The lowest BCUT2D eigenvalue weighted by atomic mass is 10.1.